The van der Waals surface area contributed by atoms with Crippen molar-refractivity contribution < 1.29 is 27.4 Å². The summed E-state index contributed by atoms with van der Waals surface area (Å²) in [5, 5.41) is 0. The average Bonchev–Trinajstić information content (AvgIpc) is 2.92. The van der Waals surface area contributed by atoms with Gasteiger partial charge in [-0.05, 0) is 29.8 Å². The minimum Gasteiger partial charge on any atom is -0.493 e. The molecule has 1 amide bonds. The number of carbonyl (C=O) groups excluding carboxylic acids is 1. The predicted octanol–water partition coefficient (Wildman–Crippen LogP) is 3.43. The van der Waals surface area contributed by atoms with E-state index in [-0.39, 0.29) is 37.0 Å². The largest absolute Gasteiger partial charge is 0.493 e. The first-order valence-corrected chi connectivity index (χ1v) is 12.6. The fraction of sp³-hybridized carbons (Fsp3) is 0.269. The molecule has 0 aliphatic carbocycles. The minimum absolute atomic E-state index is 0.218. The lowest BCUT2D eigenvalue weighted by Crippen LogP contribution is -2.50. The van der Waals surface area contributed by atoms with Gasteiger partial charge in [0.1, 0.15) is 6.61 Å². The summed E-state index contributed by atoms with van der Waals surface area (Å²) < 4.78 is 44.1. The van der Waals surface area contributed by atoms with Crippen LogP contribution in [0.15, 0.2) is 77.7 Å². The summed E-state index contributed by atoms with van der Waals surface area (Å²) >= 11 is 0. The molecule has 9 heteroatoms. The van der Waals surface area contributed by atoms with E-state index in [1.54, 1.807) is 47.4 Å². The van der Waals surface area contributed by atoms with Gasteiger partial charge in [-0.2, -0.15) is 4.31 Å². The number of carbonyl (C=O) groups is 1. The van der Waals surface area contributed by atoms with Crippen LogP contribution in [-0.2, 0) is 16.6 Å². The predicted molar refractivity (Wildman–Crippen MR) is 131 cm³/mol. The van der Waals surface area contributed by atoms with Crippen LogP contribution in [0.3, 0.4) is 0 Å². The van der Waals surface area contributed by atoms with E-state index < -0.39 is 10.0 Å². The summed E-state index contributed by atoms with van der Waals surface area (Å²) in [6, 6.07) is 21.3. The van der Waals surface area contributed by atoms with Crippen LogP contribution in [0.4, 0.5) is 0 Å². The highest BCUT2D eigenvalue weighted by molar-refractivity contribution is 7.89. The highest BCUT2D eigenvalue weighted by atomic mass is 32.2. The SMILES string of the molecule is COc1cc(C(=O)N2CCN(S(=O)(=O)c3ccccc3)CC2)cc(OC)c1OCc1ccccc1. The van der Waals surface area contributed by atoms with Crippen molar-refractivity contribution >= 4 is 15.9 Å². The van der Waals surface area contributed by atoms with Crippen molar-refractivity contribution in [3.63, 3.8) is 0 Å². The zero-order valence-corrected chi connectivity index (χ0v) is 20.5. The molecular weight excluding hydrogens is 468 g/mol. The van der Waals surface area contributed by atoms with E-state index in [1.807, 2.05) is 30.3 Å². The molecule has 184 valence electrons. The standard InChI is InChI=1S/C26H28N2O6S/c1-32-23-17-21(18-24(33-2)25(23)34-19-20-9-5-3-6-10-20)26(29)27-13-15-28(16-14-27)35(30,31)22-11-7-4-8-12-22/h3-12,17-18H,13-16,19H2,1-2H3. The summed E-state index contributed by atoms with van der Waals surface area (Å²) in [4.78, 5) is 15.1. The fourth-order valence-electron chi connectivity index (χ4n) is 3.93. The van der Waals surface area contributed by atoms with Crippen molar-refractivity contribution in [1.29, 1.82) is 0 Å². The topological polar surface area (TPSA) is 85.4 Å². The van der Waals surface area contributed by atoms with Crippen molar-refractivity contribution in [3.8, 4) is 17.2 Å². The molecule has 1 aliphatic heterocycles. The highest BCUT2D eigenvalue weighted by Crippen LogP contribution is 2.39. The second kappa shape index (κ2) is 10.8. The molecule has 1 fully saturated rings. The van der Waals surface area contributed by atoms with Crippen molar-refractivity contribution in [2.24, 2.45) is 0 Å². The van der Waals surface area contributed by atoms with Gasteiger partial charge in [-0.15, -0.1) is 0 Å². The number of nitrogens with zero attached hydrogens (tertiary/aromatic N) is 2. The molecule has 0 saturated carbocycles. The normalized spacial score (nSPS) is 14.4. The lowest BCUT2D eigenvalue weighted by atomic mass is 10.1. The number of benzene rings is 3. The number of hydrogen-bond donors (Lipinski definition) is 0. The molecule has 0 radical (unpaired) electrons. The van der Waals surface area contributed by atoms with Crippen molar-refractivity contribution in [1.82, 2.24) is 9.21 Å². The Kier molecular flexibility index (Phi) is 7.57. The van der Waals surface area contributed by atoms with E-state index in [0.717, 1.165) is 5.56 Å². The molecule has 3 aromatic rings. The third kappa shape index (κ3) is 5.41. The van der Waals surface area contributed by atoms with Crippen molar-refractivity contribution in [2.75, 3.05) is 40.4 Å². The third-order valence-corrected chi connectivity index (χ3v) is 7.75. The first-order valence-electron chi connectivity index (χ1n) is 11.2. The first-order chi connectivity index (χ1) is 16.9. The van der Waals surface area contributed by atoms with Crippen LogP contribution in [0.1, 0.15) is 15.9 Å². The second-order valence-corrected chi connectivity index (χ2v) is 9.93. The van der Waals surface area contributed by atoms with Gasteiger partial charge in [0, 0.05) is 31.7 Å². The van der Waals surface area contributed by atoms with E-state index >= 15 is 0 Å². The Labute approximate surface area is 205 Å². The van der Waals surface area contributed by atoms with Gasteiger partial charge in [0.25, 0.3) is 5.91 Å². The molecule has 0 unspecified atom stereocenters. The van der Waals surface area contributed by atoms with Crippen LogP contribution in [-0.4, -0.2) is 63.9 Å². The van der Waals surface area contributed by atoms with Crippen LogP contribution in [0.5, 0.6) is 17.2 Å². The van der Waals surface area contributed by atoms with Gasteiger partial charge in [-0.1, -0.05) is 48.5 Å². The molecule has 1 heterocycles. The van der Waals surface area contributed by atoms with Crippen LogP contribution in [0.25, 0.3) is 0 Å². The molecule has 3 aromatic carbocycles. The maximum atomic E-state index is 13.3. The van der Waals surface area contributed by atoms with Crippen LogP contribution < -0.4 is 14.2 Å². The van der Waals surface area contributed by atoms with Crippen LogP contribution >= 0.6 is 0 Å². The maximum absolute atomic E-state index is 13.3. The summed E-state index contributed by atoms with van der Waals surface area (Å²) in [6.45, 7) is 1.31. The molecule has 0 spiro atoms. The fourth-order valence-corrected chi connectivity index (χ4v) is 5.37. The van der Waals surface area contributed by atoms with Gasteiger partial charge in [-0.3, -0.25) is 4.79 Å². The van der Waals surface area contributed by atoms with Crippen molar-refractivity contribution in [3.05, 3.63) is 83.9 Å². The highest BCUT2D eigenvalue weighted by Gasteiger charge is 2.31. The monoisotopic (exact) mass is 496 g/mol. The van der Waals surface area contributed by atoms with E-state index in [4.69, 9.17) is 14.2 Å². The average molecular weight is 497 g/mol. The van der Waals surface area contributed by atoms with Crippen LogP contribution in [0.2, 0.25) is 0 Å². The number of methoxy groups -OCH3 is 2. The molecular formula is C26H28N2O6S. The molecule has 0 bridgehead atoms. The molecule has 0 aromatic heterocycles. The van der Waals surface area contributed by atoms with E-state index in [9.17, 15) is 13.2 Å². The molecule has 8 nitrogen and oxygen atoms in total. The van der Waals surface area contributed by atoms with Crippen LogP contribution in [0, 0.1) is 0 Å². The lowest BCUT2D eigenvalue weighted by Gasteiger charge is -2.34. The summed E-state index contributed by atoms with van der Waals surface area (Å²) in [5.41, 5.74) is 1.37. The van der Waals surface area contributed by atoms with Crippen molar-refractivity contribution in [2.45, 2.75) is 11.5 Å². The number of piperazine rings is 1. The zero-order chi connectivity index (χ0) is 24.8. The van der Waals surface area contributed by atoms with E-state index in [1.165, 1.54) is 18.5 Å². The molecule has 1 aliphatic rings. The first kappa shape index (κ1) is 24.6. The molecule has 0 atom stereocenters. The Morgan fingerprint density at radius 2 is 1.37 bits per heavy atom. The number of sulfonamides is 1. The second-order valence-electron chi connectivity index (χ2n) is 7.99. The Bertz CT molecular complexity index is 1230. The Balaban J connectivity index is 1.47. The number of hydrogen-bond acceptors (Lipinski definition) is 6. The number of ether oxygens (including phenoxy) is 3. The van der Waals surface area contributed by atoms with Gasteiger partial charge in [0.05, 0.1) is 19.1 Å². The smallest absolute Gasteiger partial charge is 0.254 e. The number of rotatable bonds is 8. The van der Waals surface area contributed by atoms with E-state index in [2.05, 4.69) is 0 Å². The third-order valence-electron chi connectivity index (χ3n) is 5.84. The molecule has 0 N–H and O–H groups in total. The van der Waals surface area contributed by atoms with Gasteiger partial charge >= 0.3 is 0 Å². The Morgan fingerprint density at radius 1 is 0.829 bits per heavy atom. The molecule has 1 saturated heterocycles. The molecule has 4 rings (SSSR count). The summed E-state index contributed by atoms with van der Waals surface area (Å²) in [6.07, 6.45) is 0. The quantitative estimate of drug-likeness (QED) is 0.475. The summed E-state index contributed by atoms with van der Waals surface area (Å²) in [7, 11) is -0.582. The zero-order valence-electron chi connectivity index (χ0n) is 19.7. The minimum atomic E-state index is -3.59. The van der Waals surface area contributed by atoms with E-state index in [0.29, 0.717) is 29.4 Å². The van der Waals surface area contributed by atoms with Gasteiger partial charge < -0.3 is 19.1 Å². The molecule has 35 heavy (non-hydrogen) atoms. The lowest BCUT2D eigenvalue weighted by molar-refractivity contribution is 0.0697. The van der Waals surface area contributed by atoms with Gasteiger partial charge in [0.2, 0.25) is 15.8 Å². The van der Waals surface area contributed by atoms with Gasteiger partial charge in [-0.25, -0.2) is 8.42 Å². The number of amides is 1. The Hall–Kier alpha value is -3.56. The summed E-state index contributed by atoms with van der Waals surface area (Å²) in [5.74, 6) is 0.949. The van der Waals surface area contributed by atoms with Gasteiger partial charge in [0.15, 0.2) is 11.5 Å². The Morgan fingerprint density at radius 3 is 1.91 bits per heavy atom. The maximum Gasteiger partial charge on any atom is 0.254 e.